The van der Waals surface area contributed by atoms with Gasteiger partial charge in [-0.2, -0.15) is 5.11 Å². The van der Waals surface area contributed by atoms with E-state index in [1.807, 2.05) is 12.1 Å². The second-order valence-corrected chi connectivity index (χ2v) is 6.33. The number of ether oxygens (including phenoxy) is 2. The van der Waals surface area contributed by atoms with E-state index in [2.05, 4.69) is 15.2 Å². The van der Waals surface area contributed by atoms with Gasteiger partial charge in [0.1, 0.15) is 5.69 Å². The first-order valence-corrected chi connectivity index (χ1v) is 8.48. The van der Waals surface area contributed by atoms with Gasteiger partial charge in [0, 0.05) is 18.5 Å². The van der Waals surface area contributed by atoms with E-state index in [1.165, 1.54) is 25.2 Å². The van der Waals surface area contributed by atoms with Gasteiger partial charge in [-0.1, -0.05) is 23.2 Å². The zero-order valence-corrected chi connectivity index (χ0v) is 14.7. The lowest BCUT2D eigenvalue weighted by Crippen LogP contribution is -2.11. The highest BCUT2D eigenvalue weighted by molar-refractivity contribution is 6.38. The topological polar surface area (TPSA) is 56.1 Å². The molecule has 1 saturated carbocycles. The number of pyridine rings is 1. The van der Waals surface area contributed by atoms with Crippen LogP contribution in [0.3, 0.4) is 0 Å². The minimum Gasteiger partial charge on any atom is -0.493 e. The predicted octanol–water partition coefficient (Wildman–Crippen LogP) is 6.13. The van der Waals surface area contributed by atoms with Gasteiger partial charge < -0.3 is 9.47 Å². The van der Waals surface area contributed by atoms with Gasteiger partial charge in [-0.3, -0.25) is 4.98 Å². The first kappa shape index (κ1) is 17.0. The van der Waals surface area contributed by atoms with E-state index >= 15 is 0 Å². The Kier molecular flexibility index (Phi) is 5.53. The van der Waals surface area contributed by atoms with Gasteiger partial charge in [-0.15, -0.1) is 5.11 Å². The van der Waals surface area contributed by atoms with E-state index in [1.54, 1.807) is 13.2 Å². The molecule has 2 aromatic rings. The lowest BCUT2D eigenvalue weighted by molar-refractivity contribution is 0.201. The number of benzene rings is 1. The van der Waals surface area contributed by atoms with Crippen molar-refractivity contribution in [2.75, 3.05) is 7.11 Å². The van der Waals surface area contributed by atoms with Crippen molar-refractivity contribution in [2.45, 2.75) is 31.8 Å². The van der Waals surface area contributed by atoms with E-state index in [0.29, 0.717) is 32.9 Å². The van der Waals surface area contributed by atoms with Gasteiger partial charge in [-0.25, -0.2) is 0 Å². The zero-order valence-electron chi connectivity index (χ0n) is 13.2. The first-order chi connectivity index (χ1) is 11.7. The number of rotatable bonds is 5. The van der Waals surface area contributed by atoms with Crippen molar-refractivity contribution in [3.8, 4) is 11.5 Å². The minimum atomic E-state index is 0.232. The largest absolute Gasteiger partial charge is 0.493 e. The Labute approximate surface area is 150 Å². The summed E-state index contributed by atoms with van der Waals surface area (Å²) in [5, 5.41) is 9.03. The van der Waals surface area contributed by atoms with Crippen LogP contribution in [0.25, 0.3) is 0 Å². The summed E-state index contributed by atoms with van der Waals surface area (Å²) in [6.07, 6.45) is 7.72. The molecule has 126 valence electrons. The molecule has 0 radical (unpaired) electrons. The number of azo groups is 1. The maximum atomic E-state index is 6.05. The standard InChI is InChI=1S/C17H17Cl2N3O2/c1-23-15-7-6-11(8-16(15)24-12-4-2-3-5-12)21-22-17-13(18)9-20-10-14(17)19/h6-10,12H,2-5H2,1H3. The van der Waals surface area contributed by atoms with E-state index in [9.17, 15) is 0 Å². The molecule has 24 heavy (non-hydrogen) atoms. The average Bonchev–Trinajstić information content (AvgIpc) is 3.08. The Morgan fingerprint density at radius 3 is 2.42 bits per heavy atom. The average molecular weight is 366 g/mol. The molecule has 7 heteroatoms. The molecule has 0 spiro atoms. The molecule has 0 amide bonds. The van der Waals surface area contributed by atoms with Crippen molar-refractivity contribution >= 4 is 34.6 Å². The summed E-state index contributed by atoms with van der Waals surface area (Å²) in [6, 6.07) is 5.42. The van der Waals surface area contributed by atoms with Crippen LogP contribution in [-0.4, -0.2) is 18.2 Å². The fourth-order valence-electron chi connectivity index (χ4n) is 2.61. The Bertz CT molecular complexity index is 726. The summed E-state index contributed by atoms with van der Waals surface area (Å²) in [4.78, 5) is 3.89. The Morgan fingerprint density at radius 1 is 1.04 bits per heavy atom. The quantitative estimate of drug-likeness (QED) is 0.598. The highest BCUT2D eigenvalue weighted by atomic mass is 35.5. The summed E-state index contributed by atoms with van der Waals surface area (Å²) in [6.45, 7) is 0. The summed E-state index contributed by atoms with van der Waals surface area (Å²) in [5.41, 5.74) is 1.02. The number of hydrogen-bond acceptors (Lipinski definition) is 5. The molecule has 1 fully saturated rings. The maximum Gasteiger partial charge on any atom is 0.163 e. The molecule has 0 unspecified atom stereocenters. The monoisotopic (exact) mass is 365 g/mol. The van der Waals surface area contributed by atoms with Crippen molar-refractivity contribution in [1.29, 1.82) is 0 Å². The SMILES string of the molecule is COc1ccc(N=Nc2c(Cl)cncc2Cl)cc1OC1CCCC1. The molecule has 1 aromatic heterocycles. The van der Waals surface area contributed by atoms with Crippen molar-refractivity contribution in [2.24, 2.45) is 10.2 Å². The van der Waals surface area contributed by atoms with Crippen LogP contribution in [0.1, 0.15) is 25.7 Å². The molecule has 0 aliphatic heterocycles. The van der Waals surface area contributed by atoms with E-state index < -0.39 is 0 Å². The van der Waals surface area contributed by atoms with E-state index in [4.69, 9.17) is 32.7 Å². The lowest BCUT2D eigenvalue weighted by Gasteiger charge is -2.16. The molecular weight excluding hydrogens is 349 g/mol. The van der Waals surface area contributed by atoms with Crippen LogP contribution in [0.4, 0.5) is 11.4 Å². The number of methoxy groups -OCH3 is 1. The van der Waals surface area contributed by atoms with Crippen LogP contribution in [0.15, 0.2) is 40.8 Å². The zero-order chi connectivity index (χ0) is 16.9. The van der Waals surface area contributed by atoms with Crippen molar-refractivity contribution in [3.63, 3.8) is 0 Å². The molecule has 1 aliphatic rings. The minimum absolute atomic E-state index is 0.232. The van der Waals surface area contributed by atoms with Gasteiger partial charge >= 0.3 is 0 Å². The molecule has 1 aliphatic carbocycles. The van der Waals surface area contributed by atoms with Crippen molar-refractivity contribution in [1.82, 2.24) is 4.98 Å². The van der Waals surface area contributed by atoms with Crippen LogP contribution >= 0.6 is 23.2 Å². The van der Waals surface area contributed by atoms with E-state index in [-0.39, 0.29) is 6.10 Å². The number of aromatic nitrogens is 1. The second kappa shape index (κ2) is 7.81. The van der Waals surface area contributed by atoms with Gasteiger partial charge in [-0.05, 0) is 37.8 Å². The van der Waals surface area contributed by atoms with Crippen LogP contribution in [0.5, 0.6) is 11.5 Å². The van der Waals surface area contributed by atoms with Gasteiger partial charge in [0.25, 0.3) is 0 Å². The van der Waals surface area contributed by atoms with Crippen molar-refractivity contribution in [3.05, 3.63) is 40.6 Å². The molecule has 1 aromatic carbocycles. The number of nitrogens with zero attached hydrogens (tertiary/aromatic N) is 3. The summed E-state index contributed by atoms with van der Waals surface area (Å²) >= 11 is 12.1. The molecule has 0 saturated heterocycles. The molecule has 0 atom stereocenters. The van der Waals surface area contributed by atoms with Gasteiger partial charge in [0.05, 0.1) is 28.9 Å². The van der Waals surface area contributed by atoms with Crippen LogP contribution in [0.2, 0.25) is 10.0 Å². The number of halogens is 2. The molecule has 0 bridgehead atoms. The molecule has 0 N–H and O–H groups in total. The Morgan fingerprint density at radius 2 is 1.75 bits per heavy atom. The van der Waals surface area contributed by atoms with Gasteiger partial charge in [0.15, 0.2) is 11.5 Å². The maximum absolute atomic E-state index is 6.05. The molecule has 1 heterocycles. The summed E-state index contributed by atoms with van der Waals surface area (Å²) < 4.78 is 11.4. The highest BCUT2D eigenvalue weighted by Crippen LogP contribution is 2.37. The molecular formula is C17H17Cl2N3O2. The molecule has 5 nitrogen and oxygen atoms in total. The van der Waals surface area contributed by atoms with Crippen LogP contribution in [0, 0.1) is 0 Å². The summed E-state index contributed by atoms with van der Waals surface area (Å²) in [5.74, 6) is 1.36. The second-order valence-electron chi connectivity index (χ2n) is 5.51. The fraction of sp³-hybridized carbons (Fsp3) is 0.353. The van der Waals surface area contributed by atoms with Crippen LogP contribution < -0.4 is 9.47 Å². The highest BCUT2D eigenvalue weighted by Gasteiger charge is 2.18. The van der Waals surface area contributed by atoms with Gasteiger partial charge in [0.2, 0.25) is 0 Å². The third kappa shape index (κ3) is 3.97. The Balaban J connectivity index is 1.84. The number of hydrogen-bond donors (Lipinski definition) is 0. The smallest absolute Gasteiger partial charge is 0.163 e. The third-order valence-electron chi connectivity index (χ3n) is 3.84. The Hall–Kier alpha value is -1.85. The predicted molar refractivity (Wildman–Crippen MR) is 94.3 cm³/mol. The fourth-order valence-corrected chi connectivity index (χ4v) is 3.05. The lowest BCUT2D eigenvalue weighted by atomic mass is 10.2. The van der Waals surface area contributed by atoms with Crippen LogP contribution in [-0.2, 0) is 0 Å². The van der Waals surface area contributed by atoms with E-state index in [0.717, 1.165) is 12.8 Å². The first-order valence-electron chi connectivity index (χ1n) is 7.73. The summed E-state index contributed by atoms with van der Waals surface area (Å²) in [7, 11) is 1.62. The van der Waals surface area contributed by atoms with Crippen molar-refractivity contribution < 1.29 is 9.47 Å². The third-order valence-corrected chi connectivity index (χ3v) is 4.39. The normalized spacial score (nSPS) is 15.1. The molecule has 3 rings (SSSR count).